The Kier molecular flexibility index (Phi) is 5.04. The molecule has 1 rings (SSSR count). The summed E-state index contributed by atoms with van der Waals surface area (Å²) in [5, 5.41) is 0. The van der Waals surface area contributed by atoms with Crippen molar-refractivity contribution in [2.24, 2.45) is 5.92 Å². The molecule has 0 N–H and O–H groups in total. The van der Waals surface area contributed by atoms with Gasteiger partial charge in [-0.05, 0) is 25.0 Å². The molecule has 0 atom stereocenters. The third kappa shape index (κ3) is 4.02. The zero-order valence-corrected chi connectivity index (χ0v) is 8.16. The lowest BCUT2D eigenvalue weighted by molar-refractivity contribution is 0.120. The zero-order valence-electron chi connectivity index (χ0n) is 7.34. The Bertz CT molecular complexity index is 89.6. The molecule has 0 spiro atoms. The van der Waals surface area contributed by atoms with Crippen LogP contribution in [0.15, 0.2) is 0 Å². The molecule has 1 saturated carbocycles. The summed E-state index contributed by atoms with van der Waals surface area (Å²) in [7, 11) is 0. The largest absolute Gasteiger partial charge is 0.371 e. The molecular formula is C9H18OS. The fraction of sp³-hybridized carbons (Fsp3) is 1.00. The first kappa shape index (κ1) is 9.40. The lowest BCUT2D eigenvalue weighted by atomic mass is 9.90. The summed E-state index contributed by atoms with van der Waals surface area (Å²) in [4.78, 5) is 0. The molecule has 0 saturated heterocycles. The summed E-state index contributed by atoms with van der Waals surface area (Å²) in [6.07, 6.45) is 9.17. The van der Waals surface area contributed by atoms with Crippen molar-refractivity contribution in [1.29, 1.82) is 0 Å². The molecule has 1 aliphatic rings. The minimum atomic E-state index is 0.871. The molecular weight excluding hydrogens is 156 g/mol. The summed E-state index contributed by atoms with van der Waals surface area (Å²) in [5.41, 5.74) is 0. The molecule has 2 heteroatoms. The molecule has 0 aromatic heterocycles. The minimum absolute atomic E-state index is 0.871. The molecule has 1 nitrogen and oxygen atoms in total. The van der Waals surface area contributed by atoms with E-state index in [1.807, 2.05) is 0 Å². The van der Waals surface area contributed by atoms with E-state index in [0.717, 1.165) is 18.5 Å². The highest BCUT2D eigenvalue weighted by Crippen LogP contribution is 2.23. The quantitative estimate of drug-likeness (QED) is 0.479. The second kappa shape index (κ2) is 5.90. The van der Waals surface area contributed by atoms with Crippen LogP contribution >= 0.6 is 11.8 Å². The Hall–Kier alpha value is 0.310. The third-order valence-corrected chi connectivity index (χ3v) is 2.68. The van der Waals surface area contributed by atoms with Crippen LogP contribution in [0, 0.1) is 5.92 Å². The first-order valence-electron chi connectivity index (χ1n) is 4.50. The van der Waals surface area contributed by atoms with Gasteiger partial charge in [-0.3, -0.25) is 0 Å². The monoisotopic (exact) mass is 174 g/mol. The number of ether oxygens (including phenoxy) is 1. The molecule has 0 aliphatic heterocycles. The van der Waals surface area contributed by atoms with Gasteiger partial charge in [0.1, 0.15) is 0 Å². The van der Waals surface area contributed by atoms with Crippen molar-refractivity contribution in [3.05, 3.63) is 0 Å². The van der Waals surface area contributed by atoms with Crippen LogP contribution in [0.3, 0.4) is 0 Å². The van der Waals surface area contributed by atoms with Gasteiger partial charge >= 0.3 is 0 Å². The fourth-order valence-electron chi connectivity index (χ4n) is 1.65. The Balaban J connectivity index is 1.96. The minimum Gasteiger partial charge on any atom is -0.371 e. The molecule has 0 unspecified atom stereocenters. The summed E-state index contributed by atoms with van der Waals surface area (Å²) >= 11 is 1.77. The van der Waals surface area contributed by atoms with Crippen LogP contribution in [0.2, 0.25) is 0 Å². The highest BCUT2D eigenvalue weighted by molar-refractivity contribution is 7.98. The van der Waals surface area contributed by atoms with E-state index in [9.17, 15) is 0 Å². The molecule has 1 aliphatic carbocycles. The second-order valence-corrected chi connectivity index (χ2v) is 4.09. The molecule has 0 heterocycles. The average Bonchev–Trinajstić information content (AvgIpc) is 2.07. The van der Waals surface area contributed by atoms with E-state index in [0.29, 0.717) is 0 Å². The molecule has 0 amide bonds. The van der Waals surface area contributed by atoms with Gasteiger partial charge in [-0.25, -0.2) is 0 Å². The Morgan fingerprint density at radius 2 is 2.00 bits per heavy atom. The molecule has 1 fully saturated rings. The van der Waals surface area contributed by atoms with Crippen molar-refractivity contribution in [3.63, 3.8) is 0 Å². The molecule has 0 bridgehead atoms. The summed E-state index contributed by atoms with van der Waals surface area (Å²) in [5.74, 6) is 1.74. The highest BCUT2D eigenvalue weighted by Gasteiger charge is 2.12. The van der Waals surface area contributed by atoms with E-state index < -0.39 is 0 Å². The molecule has 0 aromatic rings. The van der Waals surface area contributed by atoms with E-state index in [2.05, 4.69) is 6.26 Å². The number of hydrogen-bond acceptors (Lipinski definition) is 2. The molecule has 11 heavy (non-hydrogen) atoms. The normalized spacial score (nSPS) is 20.5. The van der Waals surface area contributed by atoms with Gasteiger partial charge in [0, 0.05) is 0 Å². The van der Waals surface area contributed by atoms with Crippen molar-refractivity contribution < 1.29 is 4.74 Å². The van der Waals surface area contributed by atoms with Gasteiger partial charge in [-0.2, -0.15) is 0 Å². The van der Waals surface area contributed by atoms with E-state index in [-0.39, 0.29) is 0 Å². The highest BCUT2D eigenvalue weighted by atomic mass is 32.2. The van der Waals surface area contributed by atoms with Gasteiger partial charge in [0.2, 0.25) is 0 Å². The number of hydrogen-bond donors (Lipinski definition) is 0. The van der Waals surface area contributed by atoms with Crippen molar-refractivity contribution in [2.75, 3.05) is 18.8 Å². The van der Waals surface area contributed by atoms with Crippen LogP contribution in [0.4, 0.5) is 0 Å². The SMILES string of the molecule is CSCOCC1CCCCC1. The summed E-state index contributed by atoms with van der Waals surface area (Å²) < 4.78 is 5.49. The maximum absolute atomic E-state index is 5.49. The first-order valence-corrected chi connectivity index (χ1v) is 5.89. The Morgan fingerprint density at radius 1 is 1.27 bits per heavy atom. The van der Waals surface area contributed by atoms with Crippen molar-refractivity contribution in [2.45, 2.75) is 32.1 Å². The van der Waals surface area contributed by atoms with E-state index in [4.69, 9.17) is 4.74 Å². The smallest absolute Gasteiger partial charge is 0.0918 e. The number of thioether (sulfide) groups is 1. The van der Waals surface area contributed by atoms with Gasteiger partial charge < -0.3 is 4.74 Å². The van der Waals surface area contributed by atoms with Gasteiger partial charge in [0.15, 0.2) is 0 Å². The zero-order chi connectivity index (χ0) is 7.94. The molecule has 0 aromatic carbocycles. The summed E-state index contributed by atoms with van der Waals surface area (Å²) in [6.45, 7) is 1.00. The maximum atomic E-state index is 5.49. The van der Waals surface area contributed by atoms with Crippen LogP contribution in [-0.4, -0.2) is 18.8 Å². The van der Waals surface area contributed by atoms with Crippen molar-refractivity contribution >= 4 is 11.8 Å². The van der Waals surface area contributed by atoms with Crippen LogP contribution in [0.25, 0.3) is 0 Å². The predicted molar refractivity (Wildman–Crippen MR) is 50.9 cm³/mol. The van der Waals surface area contributed by atoms with E-state index in [1.54, 1.807) is 11.8 Å². The van der Waals surface area contributed by atoms with Crippen LogP contribution < -0.4 is 0 Å². The van der Waals surface area contributed by atoms with Crippen LogP contribution in [-0.2, 0) is 4.74 Å². The van der Waals surface area contributed by atoms with Gasteiger partial charge in [0.05, 0.1) is 12.5 Å². The fourth-order valence-corrected chi connectivity index (χ4v) is 1.91. The molecule has 66 valence electrons. The summed E-state index contributed by atoms with van der Waals surface area (Å²) in [6, 6.07) is 0. The van der Waals surface area contributed by atoms with Crippen LogP contribution in [0.5, 0.6) is 0 Å². The van der Waals surface area contributed by atoms with Crippen molar-refractivity contribution in [3.8, 4) is 0 Å². The third-order valence-electron chi connectivity index (χ3n) is 2.28. The predicted octanol–water partition coefficient (Wildman–Crippen LogP) is 2.90. The lowest BCUT2D eigenvalue weighted by Crippen LogP contribution is -2.12. The maximum Gasteiger partial charge on any atom is 0.0918 e. The van der Waals surface area contributed by atoms with E-state index in [1.165, 1.54) is 32.1 Å². The van der Waals surface area contributed by atoms with Gasteiger partial charge in [-0.15, -0.1) is 11.8 Å². The van der Waals surface area contributed by atoms with Gasteiger partial charge in [0.25, 0.3) is 0 Å². The Labute approximate surface area is 73.9 Å². The van der Waals surface area contributed by atoms with E-state index >= 15 is 0 Å². The second-order valence-electron chi connectivity index (χ2n) is 3.28. The lowest BCUT2D eigenvalue weighted by Gasteiger charge is -2.20. The number of rotatable bonds is 4. The average molecular weight is 174 g/mol. The first-order chi connectivity index (χ1) is 5.43. The standard InChI is InChI=1S/C9H18OS/c1-11-8-10-7-9-5-3-2-4-6-9/h9H,2-8H2,1H3. The van der Waals surface area contributed by atoms with Crippen molar-refractivity contribution in [1.82, 2.24) is 0 Å². The van der Waals surface area contributed by atoms with Gasteiger partial charge in [-0.1, -0.05) is 19.3 Å². The Morgan fingerprint density at radius 3 is 2.64 bits per heavy atom. The topological polar surface area (TPSA) is 9.23 Å². The molecule has 0 radical (unpaired) electrons. The van der Waals surface area contributed by atoms with Crippen LogP contribution in [0.1, 0.15) is 32.1 Å².